The molecule has 2 aromatic rings. The molecule has 1 heterocycles. The standard InChI is InChI=1S/C18H24N2O/c1-12(20-17-9-18(11-21)7-14(17)8-18)6-13-10-19-16-5-3-2-4-15(13)16/h2-5,10,12,14,17,19-21H,6-9,11H2,1H3/t12?,14?,17-,18?/m0/s1. The summed E-state index contributed by atoms with van der Waals surface area (Å²) in [5.41, 5.74) is 2.89. The minimum atomic E-state index is 0.267. The first-order chi connectivity index (χ1) is 10.2. The number of nitrogens with one attached hydrogen (secondary N) is 2. The molecule has 3 saturated carbocycles. The van der Waals surface area contributed by atoms with Crippen LogP contribution in [0.2, 0.25) is 0 Å². The zero-order chi connectivity index (χ0) is 14.4. The SMILES string of the molecule is CC(Cc1c[nH]c2ccccc12)N[C@H]1CC2(CO)CC1C2. The molecule has 3 aliphatic carbocycles. The number of H-pyrrole nitrogens is 1. The van der Waals surface area contributed by atoms with Crippen molar-refractivity contribution in [1.82, 2.24) is 10.3 Å². The van der Waals surface area contributed by atoms with Crippen molar-refractivity contribution in [1.29, 1.82) is 0 Å². The number of hydrogen-bond donors (Lipinski definition) is 3. The molecule has 2 bridgehead atoms. The Morgan fingerprint density at radius 3 is 2.90 bits per heavy atom. The smallest absolute Gasteiger partial charge is 0.0488 e. The number of benzene rings is 1. The zero-order valence-electron chi connectivity index (χ0n) is 12.6. The molecule has 3 nitrogen and oxygen atoms in total. The Labute approximate surface area is 125 Å². The van der Waals surface area contributed by atoms with Crippen LogP contribution in [0.25, 0.3) is 10.9 Å². The summed E-state index contributed by atoms with van der Waals surface area (Å²) < 4.78 is 0. The Bertz CT molecular complexity index is 641. The first-order valence-corrected chi connectivity index (χ1v) is 8.11. The third-order valence-electron chi connectivity index (χ3n) is 5.65. The van der Waals surface area contributed by atoms with Gasteiger partial charge in [0.2, 0.25) is 0 Å². The summed E-state index contributed by atoms with van der Waals surface area (Å²) in [7, 11) is 0. The highest BCUT2D eigenvalue weighted by Gasteiger charge is 2.55. The van der Waals surface area contributed by atoms with Crippen molar-refractivity contribution in [3.63, 3.8) is 0 Å². The molecule has 0 aliphatic heterocycles. The number of aromatic nitrogens is 1. The van der Waals surface area contributed by atoms with Crippen molar-refractivity contribution in [3.05, 3.63) is 36.0 Å². The quantitative estimate of drug-likeness (QED) is 0.790. The summed E-state index contributed by atoms with van der Waals surface area (Å²) in [6, 6.07) is 9.59. The van der Waals surface area contributed by atoms with Crippen LogP contribution >= 0.6 is 0 Å². The summed E-state index contributed by atoms with van der Waals surface area (Å²) in [4.78, 5) is 3.36. The normalized spacial score (nSPS) is 32.3. The molecule has 1 aromatic heterocycles. The third kappa shape index (κ3) is 2.19. The van der Waals surface area contributed by atoms with Gasteiger partial charge in [-0.1, -0.05) is 18.2 Å². The summed E-state index contributed by atoms with van der Waals surface area (Å²) in [5.74, 6) is 0.794. The van der Waals surface area contributed by atoms with E-state index in [1.807, 2.05) is 0 Å². The lowest BCUT2D eigenvalue weighted by molar-refractivity contribution is 0.0550. The molecular formula is C18H24N2O. The Morgan fingerprint density at radius 1 is 1.33 bits per heavy atom. The lowest BCUT2D eigenvalue weighted by atomic mass is 9.70. The molecule has 0 spiro atoms. The topological polar surface area (TPSA) is 48.0 Å². The molecule has 5 rings (SSSR count). The first-order valence-electron chi connectivity index (χ1n) is 8.11. The van der Waals surface area contributed by atoms with Crippen molar-refractivity contribution >= 4 is 10.9 Å². The van der Waals surface area contributed by atoms with Gasteiger partial charge in [-0.25, -0.2) is 0 Å². The summed E-state index contributed by atoms with van der Waals surface area (Å²) in [5, 5.41) is 14.7. The molecule has 3 heteroatoms. The fourth-order valence-corrected chi connectivity index (χ4v) is 4.58. The fraction of sp³-hybridized carbons (Fsp3) is 0.556. The maximum atomic E-state index is 9.51. The molecule has 112 valence electrons. The number of para-hydroxylation sites is 1. The average molecular weight is 284 g/mol. The molecule has 3 N–H and O–H groups in total. The average Bonchev–Trinajstić information content (AvgIpc) is 3.10. The number of aliphatic hydroxyl groups is 1. The number of aromatic amines is 1. The Hall–Kier alpha value is -1.32. The molecule has 2 atom stereocenters. The van der Waals surface area contributed by atoms with E-state index in [-0.39, 0.29) is 5.41 Å². The van der Waals surface area contributed by atoms with Crippen LogP contribution in [0, 0.1) is 11.3 Å². The fourth-order valence-electron chi connectivity index (χ4n) is 4.58. The van der Waals surface area contributed by atoms with Crippen LogP contribution < -0.4 is 5.32 Å². The van der Waals surface area contributed by atoms with Gasteiger partial charge in [-0.3, -0.25) is 0 Å². The summed E-state index contributed by atoms with van der Waals surface area (Å²) in [6.45, 7) is 2.65. The maximum Gasteiger partial charge on any atom is 0.0488 e. The molecule has 0 radical (unpaired) electrons. The van der Waals surface area contributed by atoms with Gasteiger partial charge in [-0.05, 0) is 55.6 Å². The monoisotopic (exact) mass is 284 g/mol. The second-order valence-electron chi connectivity index (χ2n) is 7.27. The second kappa shape index (κ2) is 4.85. The molecule has 1 aromatic carbocycles. The minimum Gasteiger partial charge on any atom is -0.396 e. The number of fused-ring (bicyclic) bond motifs is 2. The number of hydrogen-bond acceptors (Lipinski definition) is 2. The van der Waals surface area contributed by atoms with Gasteiger partial charge in [0, 0.05) is 35.8 Å². The molecule has 0 saturated heterocycles. The van der Waals surface area contributed by atoms with E-state index in [2.05, 4.69) is 47.7 Å². The van der Waals surface area contributed by atoms with E-state index in [0.717, 1.165) is 18.8 Å². The predicted octanol–water partition coefficient (Wildman–Crippen LogP) is 2.85. The first kappa shape index (κ1) is 13.4. The van der Waals surface area contributed by atoms with Crippen LogP contribution in [0.15, 0.2) is 30.5 Å². The van der Waals surface area contributed by atoms with Gasteiger partial charge in [0.05, 0.1) is 0 Å². The van der Waals surface area contributed by atoms with Gasteiger partial charge in [0.25, 0.3) is 0 Å². The van der Waals surface area contributed by atoms with Crippen molar-refractivity contribution in [2.45, 2.75) is 44.7 Å². The van der Waals surface area contributed by atoms with E-state index in [1.165, 1.54) is 29.3 Å². The van der Waals surface area contributed by atoms with Gasteiger partial charge >= 0.3 is 0 Å². The second-order valence-corrected chi connectivity index (χ2v) is 7.27. The van der Waals surface area contributed by atoms with Gasteiger partial charge in [-0.15, -0.1) is 0 Å². The van der Waals surface area contributed by atoms with Crippen LogP contribution in [-0.2, 0) is 6.42 Å². The van der Waals surface area contributed by atoms with Gasteiger partial charge in [-0.2, -0.15) is 0 Å². The molecular weight excluding hydrogens is 260 g/mol. The van der Waals surface area contributed by atoms with E-state index in [1.54, 1.807) is 0 Å². The highest BCUT2D eigenvalue weighted by atomic mass is 16.3. The van der Waals surface area contributed by atoms with E-state index in [0.29, 0.717) is 18.7 Å². The lowest BCUT2D eigenvalue weighted by Gasteiger charge is -2.36. The van der Waals surface area contributed by atoms with Gasteiger partial charge in [0.1, 0.15) is 0 Å². The van der Waals surface area contributed by atoms with Crippen LogP contribution in [0.5, 0.6) is 0 Å². The lowest BCUT2D eigenvalue weighted by Crippen LogP contribution is -2.39. The number of rotatable bonds is 5. The van der Waals surface area contributed by atoms with E-state index in [4.69, 9.17) is 0 Å². The Kier molecular flexibility index (Phi) is 3.09. The van der Waals surface area contributed by atoms with Crippen molar-refractivity contribution in [2.75, 3.05) is 6.61 Å². The van der Waals surface area contributed by atoms with Gasteiger partial charge < -0.3 is 15.4 Å². The summed E-state index contributed by atoms with van der Waals surface area (Å²) in [6.07, 6.45) is 6.81. The molecule has 3 fully saturated rings. The van der Waals surface area contributed by atoms with Crippen molar-refractivity contribution in [3.8, 4) is 0 Å². The predicted molar refractivity (Wildman–Crippen MR) is 85.2 cm³/mol. The van der Waals surface area contributed by atoms with E-state index >= 15 is 0 Å². The maximum absolute atomic E-state index is 9.51. The highest BCUT2D eigenvalue weighted by Crippen LogP contribution is 2.58. The minimum absolute atomic E-state index is 0.267. The van der Waals surface area contributed by atoms with Crippen molar-refractivity contribution < 1.29 is 5.11 Å². The molecule has 1 unspecified atom stereocenters. The summed E-state index contributed by atoms with van der Waals surface area (Å²) >= 11 is 0. The van der Waals surface area contributed by atoms with Crippen LogP contribution in [0.3, 0.4) is 0 Å². The molecule has 0 amide bonds. The largest absolute Gasteiger partial charge is 0.396 e. The Morgan fingerprint density at radius 2 is 2.14 bits per heavy atom. The van der Waals surface area contributed by atoms with E-state index in [9.17, 15) is 5.11 Å². The number of aliphatic hydroxyl groups excluding tert-OH is 1. The van der Waals surface area contributed by atoms with Crippen LogP contribution in [0.4, 0.5) is 0 Å². The third-order valence-corrected chi connectivity index (χ3v) is 5.65. The Balaban J connectivity index is 1.41. The van der Waals surface area contributed by atoms with Crippen LogP contribution in [0.1, 0.15) is 31.7 Å². The van der Waals surface area contributed by atoms with Gasteiger partial charge in [0.15, 0.2) is 0 Å². The molecule has 3 aliphatic rings. The highest BCUT2D eigenvalue weighted by molar-refractivity contribution is 5.83. The van der Waals surface area contributed by atoms with E-state index < -0.39 is 0 Å². The van der Waals surface area contributed by atoms with Crippen molar-refractivity contribution in [2.24, 2.45) is 11.3 Å². The zero-order valence-corrected chi connectivity index (χ0v) is 12.6. The molecule has 21 heavy (non-hydrogen) atoms. The van der Waals surface area contributed by atoms with Crippen LogP contribution in [-0.4, -0.2) is 28.8 Å².